The summed E-state index contributed by atoms with van der Waals surface area (Å²) in [5.41, 5.74) is 2.75. The highest BCUT2D eigenvalue weighted by Gasteiger charge is 2.04. The van der Waals surface area contributed by atoms with Crippen molar-refractivity contribution in [2.45, 2.75) is 26.3 Å². The number of nitrogens with zero attached hydrogens (tertiary/aromatic N) is 1. The van der Waals surface area contributed by atoms with Gasteiger partial charge in [-0.3, -0.25) is 0 Å². The Morgan fingerprint density at radius 2 is 2.33 bits per heavy atom. The van der Waals surface area contributed by atoms with E-state index in [-0.39, 0.29) is 24.0 Å². The number of guanidine groups is 1. The van der Waals surface area contributed by atoms with Crippen molar-refractivity contribution < 1.29 is 4.74 Å². The summed E-state index contributed by atoms with van der Waals surface area (Å²) in [6, 6.07) is 2.12. The molecular formula is C15H24IN3OS. The second kappa shape index (κ2) is 11.0. The summed E-state index contributed by atoms with van der Waals surface area (Å²) in [5.74, 6) is 0.895. The average molecular weight is 421 g/mol. The van der Waals surface area contributed by atoms with Crippen molar-refractivity contribution in [2.24, 2.45) is 4.99 Å². The van der Waals surface area contributed by atoms with Gasteiger partial charge < -0.3 is 15.4 Å². The fourth-order valence-corrected chi connectivity index (χ4v) is 2.69. The fourth-order valence-electron chi connectivity index (χ4n) is 2.03. The molecule has 1 aromatic heterocycles. The molecule has 21 heavy (non-hydrogen) atoms. The third-order valence-corrected chi connectivity index (χ3v) is 3.87. The highest BCUT2D eigenvalue weighted by Crippen LogP contribution is 2.10. The monoisotopic (exact) mass is 421 g/mol. The minimum Gasteiger partial charge on any atom is -0.377 e. The van der Waals surface area contributed by atoms with Gasteiger partial charge in [0.25, 0.3) is 0 Å². The Bertz CT molecular complexity index is 446. The van der Waals surface area contributed by atoms with Gasteiger partial charge in [0.15, 0.2) is 5.96 Å². The minimum atomic E-state index is 0. The van der Waals surface area contributed by atoms with E-state index in [0.717, 1.165) is 51.6 Å². The maximum Gasteiger partial charge on any atom is 0.191 e. The Hall–Kier alpha value is -0.600. The first-order valence-electron chi connectivity index (χ1n) is 7.17. The molecule has 0 unspecified atom stereocenters. The molecule has 2 rings (SSSR count). The lowest BCUT2D eigenvalue weighted by molar-refractivity contribution is 0.153. The van der Waals surface area contributed by atoms with Crippen LogP contribution in [0.15, 0.2) is 33.5 Å². The first-order chi connectivity index (χ1) is 9.88. The normalized spacial score (nSPS) is 15.1. The molecule has 0 spiro atoms. The topological polar surface area (TPSA) is 45.7 Å². The molecule has 1 aromatic rings. The van der Waals surface area contributed by atoms with Gasteiger partial charge in [-0.15, -0.1) is 24.0 Å². The van der Waals surface area contributed by atoms with Gasteiger partial charge in [-0.2, -0.15) is 11.3 Å². The van der Waals surface area contributed by atoms with Crippen LogP contribution in [0.1, 0.15) is 25.3 Å². The van der Waals surface area contributed by atoms with Crippen molar-refractivity contribution in [1.29, 1.82) is 0 Å². The molecule has 0 aromatic carbocycles. The third-order valence-electron chi connectivity index (χ3n) is 3.14. The summed E-state index contributed by atoms with van der Waals surface area (Å²) in [7, 11) is 0. The van der Waals surface area contributed by atoms with Gasteiger partial charge in [-0.05, 0) is 42.2 Å². The van der Waals surface area contributed by atoms with Crippen molar-refractivity contribution in [3.05, 3.63) is 34.0 Å². The molecule has 0 amide bonds. The standard InChI is InChI=1S/C15H23N3OS.HI/c1-2-16-15(18-11-14-6-10-20-12-14)17-7-3-13-4-8-19-9-5-13;/h4,6,10,12H,2-3,5,7-9,11H2,1H3,(H2,16,17,18);1H. The Labute approximate surface area is 148 Å². The summed E-state index contributed by atoms with van der Waals surface area (Å²) in [6.45, 7) is 6.24. The lowest BCUT2D eigenvalue weighted by Crippen LogP contribution is -2.37. The smallest absolute Gasteiger partial charge is 0.191 e. The van der Waals surface area contributed by atoms with E-state index in [0.29, 0.717) is 0 Å². The Kier molecular flexibility index (Phi) is 9.69. The molecule has 0 saturated heterocycles. The van der Waals surface area contributed by atoms with Gasteiger partial charge >= 0.3 is 0 Å². The predicted molar refractivity (Wildman–Crippen MR) is 101 cm³/mol. The molecule has 0 radical (unpaired) electrons. The number of hydrogen-bond acceptors (Lipinski definition) is 3. The Morgan fingerprint density at radius 1 is 1.43 bits per heavy atom. The molecule has 0 saturated carbocycles. The molecule has 6 heteroatoms. The lowest BCUT2D eigenvalue weighted by atomic mass is 10.1. The van der Waals surface area contributed by atoms with Crippen LogP contribution in [0.3, 0.4) is 0 Å². The summed E-state index contributed by atoms with van der Waals surface area (Å²) in [4.78, 5) is 4.60. The molecule has 118 valence electrons. The second-order valence-corrected chi connectivity index (χ2v) is 5.47. The third kappa shape index (κ3) is 7.28. The van der Waals surface area contributed by atoms with E-state index in [9.17, 15) is 0 Å². The predicted octanol–water partition coefficient (Wildman–Crippen LogP) is 3.16. The van der Waals surface area contributed by atoms with E-state index in [1.807, 2.05) is 0 Å². The van der Waals surface area contributed by atoms with Crippen LogP contribution in [-0.2, 0) is 11.3 Å². The number of halogens is 1. The fraction of sp³-hybridized carbons (Fsp3) is 0.533. The van der Waals surface area contributed by atoms with Gasteiger partial charge in [-0.1, -0.05) is 11.6 Å². The van der Waals surface area contributed by atoms with Crippen LogP contribution in [0.25, 0.3) is 0 Å². The van der Waals surface area contributed by atoms with Gasteiger partial charge in [0.1, 0.15) is 0 Å². The molecule has 1 aliphatic heterocycles. The SMILES string of the molecule is CCNC(=NCc1ccsc1)NCCC1=CCOCC1.I. The zero-order valence-corrected chi connectivity index (χ0v) is 15.6. The van der Waals surface area contributed by atoms with Gasteiger partial charge in [-0.25, -0.2) is 4.99 Å². The number of rotatable bonds is 6. The average Bonchev–Trinajstić information content (AvgIpc) is 2.99. The largest absolute Gasteiger partial charge is 0.377 e. The summed E-state index contributed by atoms with van der Waals surface area (Å²) in [6.07, 6.45) is 4.32. The van der Waals surface area contributed by atoms with Crippen LogP contribution in [0.2, 0.25) is 0 Å². The number of aliphatic imine (C=N–C) groups is 1. The molecule has 0 aliphatic carbocycles. The van der Waals surface area contributed by atoms with Crippen LogP contribution in [0, 0.1) is 0 Å². The number of thiophene rings is 1. The van der Waals surface area contributed by atoms with Crippen molar-refractivity contribution in [2.75, 3.05) is 26.3 Å². The highest BCUT2D eigenvalue weighted by atomic mass is 127. The molecule has 4 nitrogen and oxygen atoms in total. The molecular weight excluding hydrogens is 397 g/mol. The number of nitrogens with one attached hydrogen (secondary N) is 2. The number of ether oxygens (including phenoxy) is 1. The molecule has 1 aliphatic rings. The Balaban J connectivity index is 0.00000220. The molecule has 0 bridgehead atoms. The van der Waals surface area contributed by atoms with E-state index < -0.39 is 0 Å². The summed E-state index contributed by atoms with van der Waals surface area (Å²) >= 11 is 1.71. The van der Waals surface area contributed by atoms with Crippen LogP contribution >= 0.6 is 35.3 Å². The number of hydrogen-bond donors (Lipinski definition) is 2. The minimum absolute atomic E-state index is 0. The maximum atomic E-state index is 5.31. The van der Waals surface area contributed by atoms with Crippen LogP contribution in [0.5, 0.6) is 0 Å². The van der Waals surface area contributed by atoms with Gasteiger partial charge in [0.05, 0.1) is 19.8 Å². The van der Waals surface area contributed by atoms with Crippen molar-refractivity contribution in [1.82, 2.24) is 10.6 Å². The van der Waals surface area contributed by atoms with Crippen LogP contribution in [-0.4, -0.2) is 32.3 Å². The summed E-state index contributed by atoms with van der Waals surface area (Å²) in [5, 5.41) is 10.9. The van der Waals surface area contributed by atoms with Crippen molar-refractivity contribution in [3.63, 3.8) is 0 Å². The Morgan fingerprint density at radius 3 is 3.00 bits per heavy atom. The van der Waals surface area contributed by atoms with Gasteiger partial charge in [0, 0.05) is 13.1 Å². The lowest BCUT2D eigenvalue weighted by Gasteiger charge is -2.15. The molecule has 0 fully saturated rings. The van der Waals surface area contributed by atoms with Crippen molar-refractivity contribution >= 4 is 41.3 Å². The highest BCUT2D eigenvalue weighted by molar-refractivity contribution is 14.0. The molecule has 0 atom stereocenters. The van der Waals surface area contributed by atoms with E-state index >= 15 is 0 Å². The first kappa shape index (κ1) is 18.4. The van der Waals surface area contributed by atoms with Crippen LogP contribution in [0.4, 0.5) is 0 Å². The maximum absolute atomic E-state index is 5.31. The second-order valence-electron chi connectivity index (χ2n) is 4.69. The van der Waals surface area contributed by atoms with E-state index in [4.69, 9.17) is 4.74 Å². The van der Waals surface area contributed by atoms with E-state index in [1.165, 1.54) is 11.1 Å². The first-order valence-corrected chi connectivity index (χ1v) is 8.11. The molecule has 2 N–H and O–H groups in total. The van der Waals surface area contributed by atoms with Crippen molar-refractivity contribution in [3.8, 4) is 0 Å². The zero-order valence-electron chi connectivity index (χ0n) is 12.4. The summed E-state index contributed by atoms with van der Waals surface area (Å²) < 4.78 is 5.31. The zero-order chi connectivity index (χ0) is 14.0. The van der Waals surface area contributed by atoms with Gasteiger partial charge in [0.2, 0.25) is 0 Å². The molecule has 2 heterocycles. The van der Waals surface area contributed by atoms with Crippen LogP contribution < -0.4 is 10.6 Å². The van der Waals surface area contributed by atoms with E-state index in [1.54, 1.807) is 11.3 Å². The quantitative estimate of drug-likeness (QED) is 0.321. The van der Waals surface area contributed by atoms with E-state index in [2.05, 4.69) is 45.5 Å².